The first-order valence-corrected chi connectivity index (χ1v) is 7.46. The van der Waals surface area contributed by atoms with E-state index in [1.165, 1.54) is 5.56 Å². The Morgan fingerprint density at radius 1 is 1.14 bits per heavy atom. The van der Waals surface area contributed by atoms with Gasteiger partial charge in [-0.25, -0.2) is 9.97 Å². The van der Waals surface area contributed by atoms with E-state index in [1.807, 2.05) is 43.5 Å². The van der Waals surface area contributed by atoms with Crippen LogP contribution in [0, 0.1) is 0 Å². The average molecular weight is 303 g/mol. The molecule has 0 aliphatic heterocycles. The summed E-state index contributed by atoms with van der Waals surface area (Å²) >= 11 is 5.95. The lowest BCUT2D eigenvalue weighted by Gasteiger charge is -2.18. The standard InChI is InChI=1S/C16H19ClN4/c1-21(2)15-18-9-12(10-19-15)11-20-16(7-8-16)13-3-5-14(17)6-4-13/h3-6,9-10,20H,7-8,11H2,1-2H3. The van der Waals surface area contributed by atoms with Crippen LogP contribution in [0.2, 0.25) is 5.02 Å². The van der Waals surface area contributed by atoms with Gasteiger partial charge in [-0.2, -0.15) is 0 Å². The van der Waals surface area contributed by atoms with E-state index in [-0.39, 0.29) is 5.54 Å². The highest BCUT2D eigenvalue weighted by atomic mass is 35.5. The molecule has 0 radical (unpaired) electrons. The third-order valence-corrected chi connectivity index (χ3v) is 4.12. The highest BCUT2D eigenvalue weighted by Gasteiger charge is 2.43. The predicted molar refractivity (Wildman–Crippen MR) is 85.6 cm³/mol. The summed E-state index contributed by atoms with van der Waals surface area (Å²) in [7, 11) is 3.87. The fraction of sp³-hybridized carbons (Fsp3) is 0.375. The Balaban J connectivity index is 1.65. The zero-order valence-corrected chi connectivity index (χ0v) is 13.1. The highest BCUT2D eigenvalue weighted by Crippen LogP contribution is 2.45. The van der Waals surface area contributed by atoms with Crippen LogP contribution in [0.1, 0.15) is 24.0 Å². The van der Waals surface area contributed by atoms with Crippen molar-refractivity contribution in [3.05, 3.63) is 52.8 Å². The van der Waals surface area contributed by atoms with Gasteiger partial charge in [-0.3, -0.25) is 0 Å². The van der Waals surface area contributed by atoms with Crippen molar-refractivity contribution in [1.82, 2.24) is 15.3 Å². The summed E-state index contributed by atoms with van der Waals surface area (Å²) in [4.78, 5) is 10.6. The number of benzene rings is 1. The van der Waals surface area contributed by atoms with E-state index >= 15 is 0 Å². The molecule has 1 aliphatic carbocycles. The summed E-state index contributed by atoms with van der Waals surface area (Å²) < 4.78 is 0. The van der Waals surface area contributed by atoms with Crippen molar-refractivity contribution < 1.29 is 0 Å². The Bertz CT molecular complexity index is 603. The number of anilines is 1. The van der Waals surface area contributed by atoms with Gasteiger partial charge in [0, 0.05) is 49.2 Å². The van der Waals surface area contributed by atoms with Crippen LogP contribution in [0.25, 0.3) is 0 Å². The molecule has 110 valence electrons. The molecule has 1 heterocycles. The zero-order chi connectivity index (χ0) is 14.9. The van der Waals surface area contributed by atoms with E-state index < -0.39 is 0 Å². The third kappa shape index (κ3) is 3.17. The van der Waals surface area contributed by atoms with Crippen LogP contribution >= 0.6 is 11.6 Å². The smallest absolute Gasteiger partial charge is 0.224 e. The normalized spacial score (nSPS) is 15.8. The molecule has 0 spiro atoms. The minimum absolute atomic E-state index is 0.102. The second kappa shape index (κ2) is 5.62. The molecular formula is C16H19ClN4. The van der Waals surface area contributed by atoms with Crippen LogP contribution in [0.4, 0.5) is 5.95 Å². The monoisotopic (exact) mass is 302 g/mol. The molecule has 21 heavy (non-hydrogen) atoms. The summed E-state index contributed by atoms with van der Waals surface area (Å²) in [6.45, 7) is 0.774. The van der Waals surface area contributed by atoms with E-state index in [2.05, 4.69) is 27.4 Å². The Hall–Kier alpha value is -1.65. The van der Waals surface area contributed by atoms with Crippen molar-refractivity contribution in [1.29, 1.82) is 0 Å². The fourth-order valence-corrected chi connectivity index (χ4v) is 2.53. The largest absolute Gasteiger partial charge is 0.347 e. The average Bonchev–Trinajstić information content (AvgIpc) is 3.27. The number of aromatic nitrogens is 2. The lowest BCUT2D eigenvalue weighted by atomic mass is 10.0. The van der Waals surface area contributed by atoms with Gasteiger partial charge >= 0.3 is 0 Å². The van der Waals surface area contributed by atoms with Gasteiger partial charge in [0.25, 0.3) is 0 Å². The zero-order valence-electron chi connectivity index (χ0n) is 12.3. The predicted octanol–water partition coefficient (Wildman–Crippen LogP) is 2.97. The molecule has 0 saturated heterocycles. The number of hydrogen-bond donors (Lipinski definition) is 1. The maximum atomic E-state index is 5.95. The minimum Gasteiger partial charge on any atom is -0.347 e. The molecule has 3 rings (SSSR count). The Labute approximate surface area is 130 Å². The molecular weight excluding hydrogens is 284 g/mol. The topological polar surface area (TPSA) is 41.1 Å². The Morgan fingerprint density at radius 3 is 2.29 bits per heavy atom. The van der Waals surface area contributed by atoms with Crippen molar-refractivity contribution in [2.24, 2.45) is 0 Å². The summed E-state index contributed by atoms with van der Waals surface area (Å²) in [5, 5.41) is 4.41. The van der Waals surface area contributed by atoms with Crippen LogP contribution in [0.15, 0.2) is 36.7 Å². The first kappa shape index (κ1) is 14.3. The molecule has 0 atom stereocenters. The second-order valence-corrected chi connectivity index (χ2v) is 6.16. The van der Waals surface area contributed by atoms with Crippen LogP contribution in [-0.2, 0) is 12.1 Å². The van der Waals surface area contributed by atoms with Gasteiger partial charge in [-0.1, -0.05) is 23.7 Å². The lowest BCUT2D eigenvalue weighted by Crippen LogP contribution is -2.28. The molecule has 2 aromatic rings. The van der Waals surface area contributed by atoms with E-state index in [0.29, 0.717) is 0 Å². The van der Waals surface area contributed by atoms with E-state index in [9.17, 15) is 0 Å². The van der Waals surface area contributed by atoms with Gasteiger partial charge in [-0.05, 0) is 30.5 Å². The number of nitrogens with one attached hydrogen (secondary N) is 1. The first-order chi connectivity index (χ1) is 10.1. The SMILES string of the molecule is CN(C)c1ncc(CNC2(c3ccc(Cl)cc3)CC2)cn1. The molecule has 1 fully saturated rings. The van der Waals surface area contributed by atoms with Crippen LogP contribution in [-0.4, -0.2) is 24.1 Å². The molecule has 0 amide bonds. The van der Waals surface area contributed by atoms with E-state index in [0.717, 1.165) is 35.9 Å². The van der Waals surface area contributed by atoms with Crippen molar-refractivity contribution in [3.63, 3.8) is 0 Å². The summed E-state index contributed by atoms with van der Waals surface area (Å²) in [6, 6.07) is 8.11. The van der Waals surface area contributed by atoms with Crippen LogP contribution < -0.4 is 10.2 Å². The maximum Gasteiger partial charge on any atom is 0.224 e. The van der Waals surface area contributed by atoms with Gasteiger partial charge in [0.2, 0.25) is 5.95 Å². The molecule has 5 heteroatoms. The van der Waals surface area contributed by atoms with Crippen molar-refractivity contribution >= 4 is 17.5 Å². The summed E-state index contributed by atoms with van der Waals surface area (Å²) in [5.41, 5.74) is 2.50. The molecule has 1 aromatic heterocycles. The molecule has 0 unspecified atom stereocenters. The lowest BCUT2D eigenvalue weighted by molar-refractivity contribution is 0.517. The first-order valence-electron chi connectivity index (χ1n) is 7.08. The number of halogens is 1. The summed E-state index contributed by atoms with van der Waals surface area (Å²) in [5.74, 6) is 0.734. The minimum atomic E-state index is 0.102. The molecule has 0 bridgehead atoms. The molecule has 1 aliphatic rings. The molecule has 1 N–H and O–H groups in total. The van der Waals surface area contributed by atoms with E-state index in [1.54, 1.807) is 0 Å². The highest BCUT2D eigenvalue weighted by molar-refractivity contribution is 6.30. The van der Waals surface area contributed by atoms with Crippen molar-refractivity contribution in [2.45, 2.75) is 24.9 Å². The van der Waals surface area contributed by atoms with Crippen LogP contribution in [0.5, 0.6) is 0 Å². The molecule has 1 saturated carbocycles. The van der Waals surface area contributed by atoms with Gasteiger partial charge in [0.05, 0.1) is 0 Å². The van der Waals surface area contributed by atoms with Gasteiger partial charge in [0.15, 0.2) is 0 Å². The van der Waals surface area contributed by atoms with Gasteiger partial charge in [-0.15, -0.1) is 0 Å². The van der Waals surface area contributed by atoms with Gasteiger partial charge in [0.1, 0.15) is 0 Å². The van der Waals surface area contributed by atoms with E-state index in [4.69, 9.17) is 11.6 Å². The molecule has 1 aromatic carbocycles. The number of nitrogens with zero attached hydrogens (tertiary/aromatic N) is 3. The number of rotatable bonds is 5. The Kier molecular flexibility index (Phi) is 3.83. The quantitative estimate of drug-likeness (QED) is 0.922. The second-order valence-electron chi connectivity index (χ2n) is 5.73. The Morgan fingerprint density at radius 2 is 1.76 bits per heavy atom. The van der Waals surface area contributed by atoms with Gasteiger partial charge < -0.3 is 10.2 Å². The third-order valence-electron chi connectivity index (χ3n) is 3.87. The fourth-order valence-electron chi connectivity index (χ4n) is 2.40. The van der Waals surface area contributed by atoms with Crippen LogP contribution in [0.3, 0.4) is 0 Å². The number of hydrogen-bond acceptors (Lipinski definition) is 4. The van der Waals surface area contributed by atoms with Crippen molar-refractivity contribution in [2.75, 3.05) is 19.0 Å². The maximum absolute atomic E-state index is 5.95. The summed E-state index contributed by atoms with van der Waals surface area (Å²) in [6.07, 6.45) is 6.08. The van der Waals surface area contributed by atoms with Crippen molar-refractivity contribution in [3.8, 4) is 0 Å². The molecule has 4 nitrogen and oxygen atoms in total.